The zero-order chi connectivity index (χ0) is 106. The van der Waals surface area contributed by atoms with Crippen LogP contribution in [-0.2, 0) is 110 Å². The Bertz CT molecular complexity index is 7680. The van der Waals surface area contributed by atoms with Crippen LogP contribution in [0.3, 0.4) is 0 Å². The Hall–Kier alpha value is -16.8. The van der Waals surface area contributed by atoms with Crippen LogP contribution in [0.2, 0.25) is 0 Å². The number of benzene rings is 10. The van der Waals surface area contributed by atoms with Crippen LogP contribution in [0.25, 0.3) is 109 Å². The lowest BCUT2D eigenvalue weighted by molar-refractivity contribution is -0.193. The van der Waals surface area contributed by atoms with E-state index < -0.39 is 0 Å². The van der Waals surface area contributed by atoms with Gasteiger partial charge in [-0.2, -0.15) is 47.9 Å². The van der Waals surface area contributed by atoms with Crippen molar-refractivity contribution in [2.75, 3.05) is 11.9 Å². The molecule has 0 unspecified atom stereocenters. The summed E-state index contributed by atoms with van der Waals surface area (Å²) in [5.41, 5.74) is 24.4. The van der Waals surface area contributed by atoms with Gasteiger partial charge in [-0.25, -0.2) is 31.3 Å². The number of para-hydroxylation sites is 4. The van der Waals surface area contributed by atoms with E-state index in [1.54, 1.807) is 61.5 Å². The number of carbonyl (C=O) groups excluding carboxylic acids is 12. The number of esters is 1. The molecule has 30 heteroatoms. The van der Waals surface area contributed by atoms with Crippen molar-refractivity contribution in [1.29, 1.82) is 0 Å². The Morgan fingerprint density at radius 3 is 0.986 bits per heavy atom. The zero-order valence-electron chi connectivity index (χ0n) is 82.7. The summed E-state index contributed by atoms with van der Waals surface area (Å²) in [6.07, 6.45) is 8.44. The maximum Gasteiger partial charge on any atom is 0.373 e. The molecule has 0 amide bonds. The lowest BCUT2D eigenvalue weighted by atomic mass is 10.0. The molecule has 146 heavy (non-hydrogen) atoms. The molecule has 0 spiro atoms. The largest absolute Gasteiger partial charge is 0.465 e. The van der Waals surface area contributed by atoms with Gasteiger partial charge >= 0.3 is 36.7 Å². The summed E-state index contributed by atoms with van der Waals surface area (Å²) in [7, 11) is 2.02. The van der Waals surface area contributed by atoms with Crippen LogP contribution in [-0.4, -0.2) is 103 Å². The molecule has 0 atom stereocenters. The number of nitrogens with one attached hydrogen (secondary N) is 1. The number of carbonyl (C=O) groups is 2. The first-order chi connectivity index (χ1) is 70.4. The minimum atomic E-state index is -0.206. The maximum absolute atomic E-state index is 13.9. The monoisotopic (exact) mass is 2040 g/mol. The minimum absolute atomic E-state index is 0.161. The molecule has 1 N–H and O–H groups in total. The normalized spacial score (nSPS) is 10.2. The van der Waals surface area contributed by atoms with Crippen molar-refractivity contribution < 1.29 is 88.6 Å². The van der Waals surface area contributed by atoms with Gasteiger partial charge in [0.05, 0.1) is 28.7 Å². The second-order valence-corrected chi connectivity index (χ2v) is 33.5. The molecule has 0 fully saturated rings. The predicted molar refractivity (Wildman–Crippen MR) is 555 cm³/mol. The second-order valence-electron chi connectivity index (χ2n) is 32.9. The van der Waals surface area contributed by atoms with Crippen LogP contribution in [0.15, 0.2) is 273 Å². The molecule has 0 aliphatic heterocycles. The van der Waals surface area contributed by atoms with Crippen molar-refractivity contribution in [1.82, 2.24) is 47.8 Å². The number of nitrogens with zero attached hydrogens (tertiary/aromatic N) is 9. The summed E-state index contributed by atoms with van der Waals surface area (Å²) < 4.78 is 95.6. The molecule has 0 saturated carbocycles. The van der Waals surface area contributed by atoms with Crippen LogP contribution in [0, 0.1) is 76.4 Å². The van der Waals surface area contributed by atoms with E-state index in [4.69, 9.17) is 62.9 Å². The van der Waals surface area contributed by atoms with Gasteiger partial charge in [0.2, 0.25) is 0 Å². The summed E-state index contributed by atoms with van der Waals surface area (Å²) >= 11 is 2.94. The van der Waals surface area contributed by atoms with Crippen molar-refractivity contribution in [2.45, 2.75) is 147 Å². The van der Waals surface area contributed by atoms with Crippen molar-refractivity contribution >= 4 is 168 Å². The number of aryl methyl sites for hydroxylation is 8. The summed E-state index contributed by atoms with van der Waals surface area (Å²) in [6, 6.07) is 84.1. The van der Waals surface area contributed by atoms with Crippen molar-refractivity contribution in [3.63, 3.8) is 0 Å². The third kappa shape index (κ3) is 31.8. The van der Waals surface area contributed by atoms with E-state index in [2.05, 4.69) is 170 Å². The molecular weight excluding hydrogens is 1940 g/mol. The molecule has 0 radical (unpaired) electrons. The average molecular weight is 2050 g/mol. The molecular formula is C116H109BrF6N10O13. The third-order valence-electron chi connectivity index (χ3n) is 23.3. The lowest BCUT2D eigenvalue weighted by Crippen LogP contribution is -2.03. The number of aromatic amines is 1. The van der Waals surface area contributed by atoms with E-state index in [-0.39, 0.29) is 71.6 Å². The molecule has 0 saturated heterocycles. The van der Waals surface area contributed by atoms with Crippen LogP contribution in [0.1, 0.15) is 139 Å². The van der Waals surface area contributed by atoms with Gasteiger partial charge in [0.1, 0.15) is 45.9 Å². The number of aldehydes is 1. The molecule has 750 valence electrons. The van der Waals surface area contributed by atoms with Crippen LogP contribution in [0.5, 0.6) is 0 Å². The number of aromatic nitrogens is 10. The minimum Gasteiger partial charge on any atom is -0.465 e. The first-order valence-corrected chi connectivity index (χ1v) is 47.6. The number of hydrogen-bond acceptors (Lipinski definition) is 17. The fourth-order valence-corrected chi connectivity index (χ4v) is 17.1. The number of alkyl halides is 1. The van der Waals surface area contributed by atoms with Crippen LogP contribution in [0.4, 0.5) is 26.3 Å². The summed E-state index contributed by atoms with van der Waals surface area (Å²) in [5, 5.41) is 10.7. The molecule has 0 bridgehead atoms. The first-order valence-electron chi connectivity index (χ1n) is 46.5. The van der Waals surface area contributed by atoms with Gasteiger partial charge in [-0.1, -0.05) is 141 Å². The van der Waals surface area contributed by atoms with Crippen molar-refractivity contribution in [2.24, 2.45) is 7.05 Å². The van der Waals surface area contributed by atoms with E-state index >= 15 is 0 Å². The summed E-state index contributed by atoms with van der Waals surface area (Å²) in [6.45, 7) is 27.2. The van der Waals surface area contributed by atoms with Gasteiger partial charge in [0.15, 0.2) is 6.29 Å². The molecule has 0 aliphatic rings. The number of ether oxygens (including phenoxy) is 1. The molecule has 10 aromatic heterocycles. The van der Waals surface area contributed by atoms with Gasteiger partial charge in [0, 0.05) is 191 Å². The zero-order valence-corrected chi connectivity index (χ0v) is 84.3. The number of pyridine rings is 4. The smallest absolute Gasteiger partial charge is 0.373 e. The van der Waals surface area contributed by atoms with Gasteiger partial charge in [-0.15, -0.1) is 0 Å². The lowest BCUT2D eigenvalue weighted by Gasteiger charge is -2.07. The third-order valence-corrected chi connectivity index (χ3v) is 23.7. The van der Waals surface area contributed by atoms with Gasteiger partial charge in [-0.05, 0) is 267 Å². The van der Waals surface area contributed by atoms with E-state index in [0.29, 0.717) is 36.9 Å². The Morgan fingerprint density at radius 2 is 0.644 bits per heavy atom. The highest BCUT2D eigenvalue weighted by Gasteiger charge is 2.20. The molecule has 10 heterocycles. The fourth-order valence-electron chi connectivity index (χ4n) is 16.9. The van der Waals surface area contributed by atoms with E-state index in [1.807, 2.05) is 147 Å². The number of fused-ring (bicyclic) bond motifs is 10. The van der Waals surface area contributed by atoms with Crippen LogP contribution >= 0.6 is 15.9 Å². The van der Waals surface area contributed by atoms with E-state index in [1.165, 1.54) is 64.2 Å². The maximum atomic E-state index is 13.9. The Balaban J connectivity index is 0.000000204. The Morgan fingerprint density at radius 1 is 0.342 bits per heavy atom. The topological polar surface area (TPSA) is 306 Å². The van der Waals surface area contributed by atoms with Gasteiger partial charge in [0.25, 0.3) is 0 Å². The number of halogens is 7. The molecule has 20 aromatic rings. The summed E-state index contributed by atoms with van der Waals surface area (Å²) in [5.74, 6) is -1.28. The van der Waals surface area contributed by atoms with Crippen molar-refractivity contribution in [3.8, 4) is 0 Å². The number of rotatable bonds is 17. The van der Waals surface area contributed by atoms with E-state index in [0.717, 1.165) is 201 Å². The standard InChI is InChI=1S/2C22H21FN2.C20H17FN2.2C12H14FN.C10H7NO.C9H8FN.C4H7BrO2.5CO2/c2*1-3-12-25-15(2)19(20-13-17(23)9-11-22(20)25)14-18-10-8-16-6-4-5-7-21(16)24-18;1-13-17(18-11-15(21)8-10-20(18)23(13)2)12-16-9-7-14-5-3-4-6-19(14)22-16;2*1-3-6-14-9(2)7-10-8-11(13)4-5-12(10)14;12-7-9-6-5-8-3-1-2-4-10(8)11-9;1-6-4-7-5-8(10)2-3-9(7)11-6;1-2-7-4(6)3-5;5*2-1-3/h2*4-11,13H,3,12,14H2,1-2H3;3-11H,12H2,1-2H3;2*4-5,7-8H,3,6H2,1-2H3;1-7H;2-5,11H,1H3;2-3H2,1H3;;;;;. The Kier molecular flexibility index (Phi) is 45.9. The highest BCUT2D eigenvalue weighted by molar-refractivity contribution is 9.09. The van der Waals surface area contributed by atoms with Gasteiger partial charge < -0.3 is 32.6 Å². The van der Waals surface area contributed by atoms with Crippen molar-refractivity contribution in [3.05, 3.63) is 382 Å². The first kappa shape index (κ1) is 114. The predicted octanol–water partition coefficient (Wildman–Crippen LogP) is 25.7. The van der Waals surface area contributed by atoms with Gasteiger partial charge in [-0.3, -0.25) is 24.5 Å². The van der Waals surface area contributed by atoms with E-state index in [9.17, 15) is 35.9 Å². The van der Waals surface area contributed by atoms with Crippen LogP contribution < -0.4 is 0 Å². The SMILES string of the molecule is CCCn1c(C)c(Cc2ccc3ccccc3n2)c2cc(F)ccc21.CCCn1c(C)c(Cc2ccc3ccccc3n2)c2cc(F)ccc21.CCCn1c(C)cc2cc(F)ccc21.CCCn1c(C)cc2cc(F)ccc21.CCOC(=O)CBr.Cc1c(Cc2ccc3ccccc3n2)c2cc(F)ccc2n1C.Cc1cc2cc(F)ccc2[nH]1.O=C=O.O=C=O.O=C=O.O=C=O.O=C=O.O=Cc1ccc2ccccc2n1. The second kappa shape index (κ2) is 58.5. The number of hydrogen-bond donors (Lipinski definition) is 1. The average Bonchev–Trinajstić information content (AvgIpc) is 1.62. The molecule has 23 nitrogen and oxygen atoms in total. The fraction of sp³-hybridized carbons (Fsp3) is 0.216. The molecule has 10 aromatic carbocycles. The molecule has 0 aliphatic carbocycles. The quantitative estimate of drug-likeness (QED) is 0.0383. The number of H-pyrrole nitrogens is 1. The highest BCUT2D eigenvalue weighted by atomic mass is 79.9. The summed E-state index contributed by atoms with van der Waals surface area (Å²) in [4.78, 5) is 123. The molecule has 20 rings (SSSR count). The Labute approximate surface area is 847 Å². The highest BCUT2D eigenvalue weighted by Crippen LogP contribution is 2.34.